The molecule has 196 valence electrons. The number of benzene rings is 1. The Labute approximate surface area is 224 Å². The normalized spacial score (nSPS) is 19.8. The Bertz CT molecular complexity index is 1520. The van der Waals surface area contributed by atoms with Crippen molar-refractivity contribution in [1.82, 2.24) is 34.9 Å². The van der Waals surface area contributed by atoms with Crippen molar-refractivity contribution in [2.75, 3.05) is 44.6 Å². The van der Waals surface area contributed by atoms with Crippen LogP contribution in [0.4, 0.5) is 16.3 Å². The van der Waals surface area contributed by atoms with Crippen molar-refractivity contribution < 1.29 is 9.59 Å². The highest BCUT2D eigenvalue weighted by Gasteiger charge is 2.34. The second kappa shape index (κ2) is 9.54. The Kier molecular flexibility index (Phi) is 5.87. The Morgan fingerprint density at radius 3 is 2.63 bits per heavy atom. The van der Waals surface area contributed by atoms with Gasteiger partial charge in [-0.15, -0.1) is 11.3 Å². The topological polar surface area (TPSA) is 110 Å². The van der Waals surface area contributed by atoms with Crippen LogP contribution in [0.3, 0.4) is 0 Å². The van der Waals surface area contributed by atoms with Crippen LogP contribution in [0, 0.1) is 5.92 Å². The summed E-state index contributed by atoms with van der Waals surface area (Å²) in [6.07, 6.45) is 8.00. The van der Waals surface area contributed by atoms with E-state index in [1.165, 1.54) is 10.4 Å². The molecule has 0 spiro atoms. The van der Waals surface area contributed by atoms with Gasteiger partial charge in [-0.25, -0.2) is 14.8 Å². The SMILES string of the molecule is O=C(C1CCc2c(sc3ncnc(Nc4ccc5[nH]ncc5c4)c23)C1)N1CCN(C(=O)N2CCCC2)CC1. The Balaban J connectivity index is 1.05. The van der Waals surface area contributed by atoms with Gasteiger partial charge in [0.2, 0.25) is 5.91 Å². The monoisotopic (exact) mass is 530 g/mol. The van der Waals surface area contributed by atoms with Gasteiger partial charge < -0.3 is 20.0 Å². The quantitative estimate of drug-likeness (QED) is 0.417. The molecule has 10 nitrogen and oxygen atoms in total. The average molecular weight is 531 g/mol. The van der Waals surface area contributed by atoms with Crippen molar-refractivity contribution in [1.29, 1.82) is 0 Å². The maximum Gasteiger partial charge on any atom is 0.320 e. The molecule has 3 amide bonds. The second-order valence-corrected chi connectivity index (χ2v) is 11.5. The van der Waals surface area contributed by atoms with Crippen molar-refractivity contribution in [2.45, 2.75) is 32.1 Å². The number of hydrogen-bond acceptors (Lipinski definition) is 7. The van der Waals surface area contributed by atoms with E-state index in [0.29, 0.717) is 26.2 Å². The number of nitrogens with zero attached hydrogens (tertiary/aromatic N) is 6. The molecule has 3 aromatic heterocycles. The molecule has 0 bridgehead atoms. The van der Waals surface area contributed by atoms with Gasteiger partial charge in [-0.3, -0.25) is 9.89 Å². The number of carbonyl (C=O) groups excluding carboxylic acids is 2. The fourth-order valence-electron chi connectivity index (χ4n) is 6.06. The minimum atomic E-state index is -0.0238. The highest BCUT2D eigenvalue weighted by Crippen LogP contribution is 2.41. The zero-order chi connectivity index (χ0) is 25.6. The number of H-pyrrole nitrogens is 1. The number of anilines is 2. The number of aromatic nitrogens is 4. The summed E-state index contributed by atoms with van der Waals surface area (Å²) in [6, 6.07) is 6.21. The van der Waals surface area contributed by atoms with Crippen LogP contribution >= 0.6 is 11.3 Å². The van der Waals surface area contributed by atoms with Gasteiger partial charge in [0.15, 0.2) is 0 Å². The van der Waals surface area contributed by atoms with Crippen molar-refractivity contribution in [2.24, 2.45) is 5.92 Å². The molecular formula is C27H30N8O2S. The molecule has 4 aromatic rings. The molecule has 1 aromatic carbocycles. The summed E-state index contributed by atoms with van der Waals surface area (Å²) in [7, 11) is 0. The van der Waals surface area contributed by atoms with E-state index in [-0.39, 0.29) is 17.9 Å². The van der Waals surface area contributed by atoms with E-state index in [9.17, 15) is 9.59 Å². The van der Waals surface area contributed by atoms with Crippen LogP contribution in [0.5, 0.6) is 0 Å². The molecule has 11 heteroatoms. The summed E-state index contributed by atoms with van der Waals surface area (Å²) in [5, 5.41) is 12.7. The predicted molar refractivity (Wildman–Crippen MR) is 147 cm³/mol. The number of amides is 3. The second-order valence-electron chi connectivity index (χ2n) is 10.4. The first-order chi connectivity index (χ1) is 18.6. The van der Waals surface area contributed by atoms with Crippen LogP contribution in [0.1, 0.15) is 29.7 Å². The maximum atomic E-state index is 13.5. The molecular weight excluding hydrogens is 500 g/mol. The first kappa shape index (κ1) is 23.4. The smallest absolute Gasteiger partial charge is 0.320 e. The van der Waals surface area contributed by atoms with Gasteiger partial charge in [0, 0.05) is 61.1 Å². The van der Waals surface area contributed by atoms with Gasteiger partial charge in [0.05, 0.1) is 17.1 Å². The molecule has 3 aliphatic rings. The third kappa shape index (κ3) is 4.14. The summed E-state index contributed by atoms with van der Waals surface area (Å²) >= 11 is 1.68. The van der Waals surface area contributed by atoms with Gasteiger partial charge in [0.1, 0.15) is 17.0 Å². The molecule has 1 unspecified atom stereocenters. The average Bonchev–Trinajstić information content (AvgIpc) is 3.72. The molecule has 5 heterocycles. The lowest BCUT2D eigenvalue weighted by Crippen LogP contribution is -2.54. The van der Waals surface area contributed by atoms with Crippen LogP contribution in [0.2, 0.25) is 0 Å². The van der Waals surface area contributed by atoms with E-state index < -0.39 is 0 Å². The van der Waals surface area contributed by atoms with E-state index in [1.54, 1.807) is 17.7 Å². The number of aromatic amines is 1. The summed E-state index contributed by atoms with van der Waals surface area (Å²) in [5.41, 5.74) is 3.21. The molecule has 2 N–H and O–H groups in total. The third-order valence-electron chi connectivity index (χ3n) is 8.14. The lowest BCUT2D eigenvalue weighted by atomic mass is 9.86. The van der Waals surface area contributed by atoms with Gasteiger partial charge in [0.25, 0.3) is 0 Å². The highest BCUT2D eigenvalue weighted by atomic mass is 32.1. The number of thiophene rings is 1. The number of fused-ring (bicyclic) bond motifs is 4. The van der Waals surface area contributed by atoms with Crippen molar-refractivity contribution in [3.63, 3.8) is 0 Å². The molecule has 7 rings (SSSR count). The molecule has 2 aliphatic heterocycles. The first-order valence-corrected chi connectivity index (χ1v) is 14.2. The number of nitrogens with one attached hydrogen (secondary N) is 2. The van der Waals surface area contributed by atoms with Gasteiger partial charge in [-0.1, -0.05) is 0 Å². The van der Waals surface area contributed by atoms with E-state index in [0.717, 1.165) is 77.8 Å². The van der Waals surface area contributed by atoms with Crippen LogP contribution in [-0.2, 0) is 17.6 Å². The molecule has 1 atom stereocenters. The standard InChI is InChI=1S/C27H30N8O2S/c36-26(33-9-11-35(12-10-33)27(37)34-7-1-2-8-34)17-3-5-20-22(14-17)38-25-23(20)24(28-16-29-25)31-19-4-6-21-18(13-19)15-30-32-21/h4,6,13,15-17H,1-3,5,7-12,14H2,(H,30,32)(H,28,29,31). The van der Waals surface area contributed by atoms with Crippen LogP contribution < -0.4 is 5.32 Å². The van der Waals surface area contributed by atoms with E-state index >= 15 is 0 Å². The lowest BCUT2D eigenvalue weighted by Gasteiger charge is -2.38. The van der Waals surface area contributed by atoms with Crippen LogP contribution in [0.25, 0.3) is 21.1 Å². The minimum absolute atomic E-state index is 0.0238. The zero-order valence-corrected chi connectivity index (χ0v) is 22.0. The molecule has 2 fully saturated rings. The largest absolute Gasteiger partial charge is 0.340 e. The fraction of sp³-hybridized carbons (Fsp3) is 0.444. The summed E-state index contributed by atoms with van der Waals surface area (Å²) < 4.78 is 0. The van der Waals surface area contributed by atoms with Crippen molar-refractivity contribution in [3.8, 4) is 0 Å². The van der Waals surface area contributed by atoms with E-state index in [2.05, 4.69) is 31.5 Å². The number of aryl methyl sites for hydroxylation is 1. The summed E-state index contributed by atoms with van der Waals surface area (Å²) in [4.78, 5) is 43.4. The van der Waals surface area contributed by atoms with Gasteiger partial charge in [-0.05, 0) is 55.9 Å². The number of carbonyl (C=O) groups is 2. The number of hydrogen-bond donors (Lipinski definition) is 2. The van der Waals surface area contributed by atoms with Gasteiger partial charge in [-0.2, -0.15) is 5.10 Å². The minimum Gasteiger partial charge on any atom is -0.340 e. The maximum absolute atomic E-state index is 13.5. The third-order valence-corrected chi connectivity index (χ3v) is 9.30. The van der Waals surface area contributed by atoms with Crippen molar-refractivity contribution in [3.05, 3.63) is 41.2 Å². The molecule has 2 saturated heterocycles. The number of likely N-dealkylation sites (tertiary alicyclic amines) is 1. The highest BCUT2D eigenvalue weighted by molar-refractivity contribution is 7.19. The Hall–Kier alpha value is -3.73. The summed E-state index contributed by atoms with van der Waals surface area (Å²) in [5.74, 6) is 1.00. The Morgan fingerprint density at radius 1 is 1.00 bits per heavy atom. The summed E-state index contributed by atoms with van der Waals surface area (Å²) in [6.45, 7) is 4.20. The van der Waals surface area contributed by atoms with E-state index in [4.69, 9.17) is 0 Å². The number of rotatable bonds is 3. The van der Waals surface area contributed by atoms with Crippen LogP contribution in [0.15, 0.2) is 30.7 Å². The predicted octanol–water partition coefficient (Wildman–Crippen LogP) is 3.78. The molecule has 0 saturated carbocycles. The zero-order valence-electron chi connectivity index (χ0n) is 21.2. The molecule has 1 aliphatic carbocycles. The number of piperazine rings is 1. The number of urea groups is 1. The van der Waals surface area contributed by atoms with Crippen molar-refractivity contribution >= 4 is 55.9 Å². The van der Waals surface area contributed by atoms with E-state index in [1.807, 2.05) is 33.0 Å². The molecule has 38 heavy (non-hydrogen) atoms. The lowest BCUT2D eigenvalue weighted by molar-refractivity contribution is -0.137. The fourth-order valence-corrected chi connectivity index (χ4v) is 7.32. The van der Waals surface area contributed by atoms with Gasteiger partial charge >= 0.3 is 6.03 Å². The first-order valence-electron chi connectivity index (χ1n) is 13.4. The molecule has 0 radical (unpaired) electrons. The Morgan fingerprint density at radius 2 is 1.79 bits per heavy atom. The van der Waals surface area contributed by atoms with Crippen LogP contribution in [-0.4, -0.2) is 86.1 Å².